The van der Waals surface area contributed by atoms with Crippen molar-refractivity contribution in [2.45, 2.75) is 27.7 Å². The Morgan fingerprint density at radius 3 is 2.00 bits per heavy atom. The second-order valence-electron chi connectivity index (χ2n) is 3.76. The molecule has 0 aliphatic rings. The van der Waals surface area contributed by atoms with Crippen LogP contribution in [-0.4, -0.2) is 5.75 Å². The average Bonchev–Trinajstić information content (AvgIpc) is 2.15. The number of hydrogen-bond acceptors (Lipinski definition) is 1. The summed E-state index contributed by atoms with van der Waals surface area (Å²) in [6.45, 7) is 8.69. The molecule has 1 rings (SSSR count). The zero-order chi connectivity index (χ0) is 10.7. The molecule has 0 saturated carbocycles. The number of hydrogen-bond donors (Lipinski definition) is 1. The van der Waals surface area contributed by atoms with Crippen molar-refractivity contribution in [3.05, 3.63) is 40.0 Å². The van der Waals surface area contributed by atoms with Crippen LogP contribution in [0, 0.1) is 27.7 Å². The Balaban J connectivity index is 3.32. The summed E-state index contributed by atoms with van der Waals surface area (Å²) in [7, 11) is 0. The van der Waals surface area contributed by atoms with Gasteiger partial charge >= 0.3 is 0 Å². The van der Waals surface area contributed by atoms with Gasteiger partial charge in [0.15, 0.2) is 0 Å². The molecule has 0 radical (unpaired) electrons. The van der Waals surface area contributed by atoms with Crippen LogP contribution >= 0.6 is 12.6 Å². The molecule has 76 valence electrons. The van der Waals surface area contributed by atoms with Crippen molar-refractivity contribution in [1.82, 2.24) is 0 Å². The van der Waals surface area contributed by atoms with Crippen molar-refractivity contribution in [3.63, 3.8) is 0 Å². The summed E-state index contributed by atoms with van der Waals surface area (Å²) in [5, 5.41) is 0. The molecule has 0 nitrogen and oxygen atoms in total. The molecule has 1 heteroatoms. The molecule has 0 aromatic heterocycles. The number of aryl methyl sites for hydroxylation is 2. The molecule has 0 aliphatic carbocycles. The predicted molar refractivity (Wildman–Crippen MR) is 68.3 cm³/mol. The highest BCUT2D eigenvalue weighted by molar-refractivity contribution is 7.80. The topological polar surface area (TPSA) is 0 Å². The van der Waals surface area contributed by atoms with Gasteiger partial charge in [0.1, 0.15) is 0 Å². The maximum atomic E-state index is 4.18. The van der Waals surface area contributed by atoms with Gasteiger partial charge in [0.25, 0.3) is 0 Å². The molecule has 0 unspecified atom stereocenters. The molecule has 0 spiro atoms. The zero-order valence-electron chi connectivity index (χ0n) is 9.39. The van der Waals surface area contributed by atoms with E-state index in [2.05, 4.69) is 58.5 Å². The summed E-state index contributed by atoms with van der Waals surface area (Å²) in [5.74, 6) is 0.797. The lowest BCUT2D eigenvalue weighted by Crippen LogP contribution is -1.94. The van der Waals surface area contributed by atoms with E-state index in [1.165, 1.54) is 27.8 Å². The summed E-state index contributed by atoms with van der Waals surface area (Å²) < 4.78 is 0. The van der Waals surface area contributed by atoms with E-state index < -0.39 is 0 Å². The molecule has 0 heterocycles. The lowest BCUT2D eigenvalue weighted by molar-refractivity contribution is 1.23. The van der Waals surface area contributed by atoms with Crippen molar-refractivity contribution < 1.29 is 0 Å². The minimum Gasteiger partial charge on any atom is -0.175 e. The van der Waals surface area contributed by atoms with E-state index in [0.717, 1.165) is 5.75 Å². The average molecular weight is 206 g/mol. The van der Waals surface area contributed by atoms with Crippen molar-refractivity contribution in [2.24, 2.45) is 0 Å². The van der Waals surface area contributed by atoms with E-state index in [-0.39, 0.29) is 0 Å². The first-order chi connectivity index (χ1) is 6.57. The van der Waals surface area contributed by atoms with Crippen LogP contribution in [0.3, 0.4) is 0 Å². The van der Waals surface area contributed by atoms with Crippen LogP contribution in [0.2, 0.25) is 0 Å². The van der Waals surface area contributed by atoms with Gasteiger partial charge in [0, 0.05) is 5.75 Å². The molecule has 0 atom stereocenters. The third-order valence-electron chi connectivity index (χ3n) is 2.81. The highest BCUT2D eigenvalue weighted by Gasteiger charge is 2.04. The van der Waals surface area contributed by atoms with Gasteiger partial charge in [-0.3, -0.25) is 0 Å². The second-order valence-corrected chi connectivity index (χ2v) is 4.12. The van der Waals surface area contributed by atoms with Gasteiger partial charge in [0.2, 0.25) is 0 Å². The van der Waals surface area contributed by atoms with Crippen LogP contribution in [-0.2, 0) is 0 Å². The van der Waals surface area contributed by atoms with Crippen molar-refractivity contribution in [2.75, 3.05) is 5.75 Å². The molecule has 0 amide bonds. The van der Waals surface area contributed by atoms with E-state index in [0.29, 0.717) is 0 Å². The highest BCUT2D eigenvalue weighted by Crippen LogP contribution is 2.22. The van der Waals surface area contributed by atoms with Gasteiger partial charge in [-0.2, -0.15) is 12.6 Å². The molecule has 1 aromatic carbocycles. The Labute approximate surface area is 92.5 Å². The summed E-state index contributed by atoms with van der Waals surface area (Å²) in [6, 6.07) is 2.25. The maximum absolute atomic E-state index is 4.18. The summed E-state index contributed by atoms with van der Waals surface area (Å²) in [5.41, 5.74) is 6.85. The largest absolute Gasteiger partial charge is 0.175 e. The number of benzene rings is 1. The first kappa shape index (κ1) is 11.4. The highest BCUT2D eigenvalue weighted by atomic mass is 32.1. The van der Waals surface area contributed by atoms with Crippen LogP contribution in [0.5, 0.6) is 0 Å². The van der Waals surface area contributed by atoms with Gasteiger partial charge in [-0.1, -0.05) is 18.2 Å². The fraction of sp³-hybridized carbons (Fsp3) is 0.385. The maximum Gasteiger partial charge on any atom is 0.00858 e. The van der Waals surface area contributed by atoms with Crippen LogP contribution < -0.4 is 0 Å². The Kier molecular flexibility index (Phi) is 3.82. The third kappa shape index (κ3) is 2.21. The van der Waals surface area contributed by atoms with Crippen LogP contribution in [0.1, 0.15) is 27.8 Å². The quantitative estimate of drug-likeness (QED) is 0.698. The number of thiol groups is 1. The van der Waals surface area contributed by atoms with Gasteiger partial charge in [-0.25, -0.2) is 0 Å². The predicted octanol–water partition coefficient (Wildman–Crippen LogP) is 3.86. The van der Waals surface area contributed by atoms with Crippen molar-refractivity contribution in [1.29, 1.82) is 0 Å². The standard InChI is InChI=1S/C13H18S/c1-9-8-10(2)12(4)13(11(9)3)6-5-7-14/h5-6,8,14H,7H2,1-4H3. The molecule has 0 N–H and O–H groups in total. The zero-order valence-corrected chi connectivity index (χ0v) is 10.3. The summed E-state index contributed by atoms with van der Waals surface area (Å²) >= 11 is 4.18. The minimum absolute atomic E-state index is 0.797. The molecule has 0 bridgehead atoms. The first-order valence-corrected chi connectivity index (χ1v) is 5.56. The summed E-state index contributed by atoms with van der Waals surface area (Å²) in [6.07, 6.45) is 4.27. The normalized spacial score (nSPS) is 11.2. The molecular weight excluding hydrogens is 188 g/mol. The lowest BCUT2D eigenvalue weighted by Gasteiger charge is -2.11. The fourth-order valence-corrected chi connectivity index (χ4v) is 1.77. The van der Waals surface area contributed by atoms with Crippen LogP contribution in [0.25, 0.3) is 6.08 Å². The van der Waals surface area contributed by atoms with Gasteiger partial charge in [-0.15, -0.1) is 0 Å². The summed E-state index contributed by atoms with van der Waals surface area (Å²) in [4.78, 5) is 0. The Hall–Kier alpha value is -0.690. The molecular formula is C13H18S. The van der Waals surface area contributed by atoms with Crippen LogP contribution in [0.4, 0.5) is 0 Å². The molecule has 1 aromatic rings. The van der Waals surface area contributed by atoms with E-state index in [1.54, 1.807) is 0 Å². The number of rotatable bonds is 2. The van der Waals surface area contributed by atoms with Crippen LogP contribution in [0.15, 0.2) is 12.1 Å². The van der Waals surface area contributed by atoms with E-state index in [1.807, 2.05) is 0 Å². The second kappa shape index (κ2) is 4.70. The Morgan fingerprint density at radius 1 is 1.07 bits per heavy atom. The molecule has 0 fully saturated rings. The van der Waals surface area contributed by atoms with E-state index in [9.17, 15) is 0 Å². The van der Waals surface area contributed by atoms with E-state index in [4.69, 9.17) is 0 Å². The Morgan fingerprint density at radius 2 is 1.57 bits per heavy atom. The lowest BCUT2D eigenvalue weighted by atomic mass is 9.94. The van der Waals surface area contributed by atoms with Crippen molar-refractivity contribution >= 4 is 18.7 Å². The van der Waals surface area contributed by atoms with E-state index >= 15 is 0 Å². The first-order valence-electron chi connectivity index (χ1n) is 4.92. The van der Waals surface area contributed by atoms with Gasteiger partial charge in [-0.05, 0) is 55.5 Å². The minimum atomic E-state index is 0.797. The SMILES string of the molecule is Cc1cc(C)c(C)c(C=CCS)c1C. The molecule has 0 saturated heterocycles. The molecule has 0 aliphatic heterocycles. The van der Waals surface area contributed by atoms with Crippen molar-refractivity contribution in [3.8, 4) is 0 Å². The smallest absolute Gasteiger partial charge is 0.00858 e. The van der Waals surface area contributed by atoms with Gasteiger partial charge in [0.05, 0.1) is 0 Å². The fourth-order valence-electron chi connectivity index (χ4n) is 1.67. The third-order valence-corrected chi connectivity index (χ3v) is 3.02. The monoisotopic (exact) mass is 206 g/mol. The van der Waals surface area contributed by atoms with Gasteiger partial charge < -0.3 is 0 Å². The molecule has 14 heavy (non-hydrogen) atoms. The Bertz CT molecular complexity index is 336.